The van der Waals surface area contributed by atoms with Crippen molar-refractivity contribution in [2.45, 2.75) is 16.7 Å². The fourth-order valence-corrected chi connectivity index (χ4v) is 2.48. The van der Waals surface area contributed by atoms with Crippen LogP contribution in [0.15, 0.2) is 52.3 Å². The third kappa shape index (κ3) is 2.81. The lowest BCUT2D eigenvalue weighted by molar-refractivity contribution is -0.385. The monoisotopic (exact) mass is 261 g/mol. The topological polar surface area (TPSA) is 63.4 Å². The third-order valence-corrected chi connectivity index (χ3v) is 3.58. The summed E-state index contributed by atoms with van der Waals surface area (Å²) in [6.07, 6.45) is 0. The van der Waals surface area contributed by atoms with Crippen LogP contribution >= 0.6 is 11.8 Å². The van der Waals surface area contributed by atoms with E-state index in [-0.39, 0.29) is 11.4 Å². The summed E-state index contributed by atoms with van der Waals surface area (Å²) in [6.45, 7) is 1.90. The van der Waals surface area contributed by atoms with Crippen LogP contribution in [0.4, 0.5) is 5.69 Å². The minimum Gasteiger partial charge on any atom is -0.508 e. The molecular formula is C13H11NO3S. The van der Waals surface area contributed by atoms with Crippen molar-refractivity contribution in [3.8, 4) is 5.75 Å². The Morgan fingerprint density at radius 2 is 2.00 bits per heavy atom. The molecule has 18 heavy (non-hydrogen) atoms. The Kier molecular flexibility index (Phi) is 3.53. The first-order chi connectivity index (χ1) is 8.56. The van der Waals surface area contributed by atoms with Crippen molar-refractivity contribution in [2.75, 3.05) is 0 Å². The van der Waals surface area contributed by atoms with Gasteiger partial charge in [0, 0.05) is 21.9 Å². The molecule has 0 saturated carbocycles. The Morgan fingerprint density at radius 3 is 2.67 bits per heavy atom. The minimum absolute atomic E-state index is 0.0725. The van der Waals surface area contributed by atoms with Crippen molar-refractivity contribution in [3.63, 3.8) is 0 Å². The van der Waals surface area contributed by atoms with Gasteiger partial charge in [-0.2, -0.15) is 0 Å². The number of phenolic OH excluding ortho intramolecular Hbond substituents is 1. The van der Waals surface area contributed by atoms with Gasteiger partial charge in [0.25, 0.3) is 5.69 Å². The predicted octanol–water partition coefficient (Wildman–Crippen LogP) is 3.76. The quantitative estimate of drug-likeness (QED) is 0.675. The number of rotatable bonds is 3. The second-order valence-electron chi connectivity index (χ2n) is 3.81. The highest BCUT2D eigenvalue weighted by Crippen LogP contribution is 2.33. The maximum absolute atomic E-state index is 10.7. The van der Waals surface area contributed by atoms with Gasteiger partial charge in [-0.05, 0) is 30.7 Å². The van der Waals surface area contributed by atoms with E-state index in [0.29, 0.717) is 0 Å². The van der Waals surface area contributed by atoms with Gasteiger partial charge in [-0.1, -0.05) is 23.9 Å². The molecule has 0 atom stereocenters. The number of nitro groups is 1. The largest absolute Gasteiger partial charge is 0.508 e. The Bertz CT molecular complexity index is 599. The third-order valence-electron chi connectivity index (χ3n) is 2.43. The molecule has 2 aromatic carbocycles. The van der Waals surface area contributed by atoms with Gasteiger partial charge < -0.3 is 5.11 Å². The first-order valence-electron chi connectivity index (χ1n) is 5.28. The maximum Gasteiger partial charge on any atom is 0.270 e. The van der Waals surface area contributed by atoms with Crippen molar-refractivity contribution in [1.82, 2.24) is 0 Å². The zero-order chi connectivity index (χ0) is 13.1. The van der Waals surface area contributed by atoms with Gasteiger partial charge >= 0.3 is 0 Å². The van der Waals surface area contributed by atoms with E-state index in [1.54, 1.807) is 30.3 Å². The molecule has 0 aliphatic rings. The molecule has 2 rings (SSSR count). The van der Waals surface area contributed by atoms with Crippen molar-refractivity contribution in [2.24, 2.45) is 0 Å². The fraction of sp³-hybridized carbons (Fsp3) is 0.0769. The zero-order valence-electron chi connectivity index (χ0n) is 9.66. The molecule has 0 heterocycles. The predicted molar refractivity (Wildman–Crippen MR) is 70.1 cm³/mol. The Balaban J connectivity index is 2.33. The van der Waals surface area contributed by atoms with Crippen molar-refractivity contribution in [3.05, 3.63) is 58.1 Å². The van der Waals surface area contributed by atoms with Gasteiger partial charge in [-0.3, -0.25) is 10.1 Å². The number of hydrogen-bond acceptors (Lipinski definition) is 4. The second kappa shape index (κ2) is 5.10. The number of non-ortho nitro benzene ring substituents is 1. The maximum atomic E-state index is 10.7. The average molecular weight is 261 g/mol. The molecule has 0 fully saturated rings. The number of benzene rings is 2. The first-order valence-corrected chi connectivity index (χ1v) is 6.10. The molecular weight excluding hydrogens is 250 g/mol. The molecule has 0 aromatic heterocycles. The Hall–Kier alpha value is -2.01. The van der Waals surface area contributed by atoms with Crippen molar-refractivity contribution < 1.29 is 10.0 Å². The molecule has 0 amide bonds. The Morgan fingerprint density at radius 1 is 1.22 bits per heavy atom. The summed E-state index contributed by atoms with van der Waals surface area (Å²) in [6, 6.07) is 11.6. The van der Waals surface area contributed by atoms with Crippen LogP contribution in [0.5, 0.6) is 5.75 Å². The normalized spacial score (nSPS) is 10.3. The fourth-order valence-electron chi connectivity index (χ4n) is 1.49. The van der Waals surface area contributed by atoms with E-state index in [2.05, 4.69) is 0 Å². The highest BCUT2D eigenvalue weighted by atomic mass is 32.2. The van der Waals surface area contributed by atoms with Gasteiger partial charge in [0.15, 0.2) is 0 Å². The number of phenols is 1. The molecule has 0 aliphatic heterocycles. The van der Waals surface area contributed by atoms with E-state index in [1.807, 2.05) is 13.0 Å². The van der Waals surface area contributed by atoms with Crippen LogP contribution in [0.1, 0.15) is 5.56 Å². The first kappa shape index (κ1) is 12.4. The lowest BCUT2D eigenvalue weighted by Crippen LogP contribution is -1.89. The molecule has 0 saturated heterocycles. The number of hydrogen-bond donors (Lipinski definition) is 1. The molecule has 92 valence electrons. The van der Waals surface area contributed by atoms with Gasteiger partial charge in [0.2, 0.25) is 0 Å². The molecule has 0 aliphatic carbocycles. The van der Waals surface area contributed by atoms with Crippen LogP contribution in [0.3, 0.4) is 0 Å². The molecule has 0 unspecified atom stereocenters. The Labute approximate surface area is 108 Å². The van der Waals surface area contributed by atoms with E-state index in [9.17, 15) is 15.2 Å². The van der Waals surface area contributed by atoms with E-state index in [4.69, 9.17) is 0 Å². The SMILES string of the molecule is Cc1ccc([N+](=O)[O-])cc1Sc1cccc(O)c1. The van der Waals surface area contributed by atoms with E-state index in [0.717, 1.165) is 15.4 Å². The number of nitrogens with zero attached hydrogens (tertiary/aromatic N) is 1. The van der Waals surface area contributed by atoms with Crippen LogP contribution in [0.2, 0.25) is 0 Å². The standard InChI is InChI=1S/C13H11NO3S/c1-9-5-6-10(14(16)17)7-13(9)18-12-4-2-3-11(15)8-12/h2-8,15H,1H3. The van der Waals surface area contributed by atoms with Crippen molar-refractivity contribution >= 4 is 17.4 Å². The van der Waals surface area contributed by atoms with Gasteiger partial charge in [0.1, 0.15) is 5.75 Å². The molecule has 4 nitrogen and oxygen atoms in total. The summed E-state index contributed by atoms with van der Waals surface area (Å²) in [7, 11) is 0. The lowest BCUT2D eigenvalue weighted by Gasteiger charge is -2.05. The molecule has 0 spiro atoms. The number of nitro benzene ring substituents is 1. The average Bonchev–Trinajstić information content (AvgIpc) is 2.31. The summed E-state index contributed by atoms with van der Waals surface area (Å²) in [5.74, 6) is 0.183. The second-order valence-corrected chi connectivity index (χ2v) is 4.92. The number of aromatic hydroxyl groups is 1. The van der Waals surface area contributed by atoms with E-state index < -0.39 is 4.92 Å². The molecule has 0 bridgehead atoms. The molecule has 0 radical (unpaired) electrons. The van der Waals surface area contributed by atoms with Gasteiger partial charge in [0.05, 0.1) is 4.92 Å². The molecule has 1 N–H and O–H groups in total. The van der Waals surface area contributed by atoms with Crippen LogP contribution < -0.4 is 0 Å². The van der Waals surface area contributed by atoms with E-state index in [1.165, 1.54) is 17.8 Å². The van der Waals surface area contributed by atoms with Crippen LogP contribution in [-0.4, -0.2) is 10.0 Å². The minimum atomic E-state index is -0.411. The van der Waals surface area contributed by atoms with Crippen LogP contribution in [0, 0.1) is 17.0 Å². The summed E-state index contributed by atoms with van der Waals surface area (Å²) in [5.41, 5.74) is 1.04. The molecule has 5 heteroatoms. The van der Waals surface area contributed by atoms with E-state index >= 15 is 0 Å². The highest BCUT2D eigenvalue weighted by Gasteiger charge is 2.09. The summed E-state index contributed by atoms with van der Waals surface area (Å²) < 4.78 is 0. The number of aryl methyl sites for hydroxylation is 1. The highest BCUT2D eigenvalue weighted by molar-refractivity contribution is 7.99. The van der Waals surface area contributed by atoms with Crippen molar-refractivity contribution in [1.29, 1.82) is 0 Å². The van der Waals surface area contributed by atoms with Gasteiger partial charge in [-0.15, -0.1) is 0 Å². The smallest absolute Gasteiger partial charge is 0.270 e. The van der Waals surface area contributed by atoms with Crippen LogP contribution in [-0.2, 0) is 0 Å². The zero-order valence-corrected chi connectivity index (χ0v) is 10.5. The van der Waals surface area contributed by atoms with Gasteiger partial charge in [-0.25, -0.2) is 0 Å². The lowest BCUT2D eigenvalue weighted by atomic mass is 10.2. The molecule has 2 aromatic rings. The summed E-state index contributed by atoms with van der Waals surface area (Å²) in [5, 5.41) is 20.1. The summed E-state index contributed by atoms with van der Waals surface area (Å²) in [4.78, 5) is 12.0. The van der Waals surface area contributed by atoms with Crippen LogP contribution in [0.25, 0.3) is 0 Å². The summed E-state index contributed by atoms with van der Waals surface area (Å²) >= 11 is 1.40.